The number of urea groups is 1. The van der Waals surface area contributed by atoms with Crippen LogP contribution in [0.15, 0.2) is 17.5 Å². The lowest BCUT2D eigenvalue weighted by molar-refractivity contribution is 0.162. The molecule has 2 amide bonds. The zero-order chi connectivity index (χ0) is 14.7. The van der Waals surface area contributed by atoms with Crippen molar-refractivity contribution in [3.8, 4) is 0 Å². The van der Waals surface area contributed by atoms with Crippen LogP contribution >= 0.6 is 11.3 Å². The maximum atomic E-state index is 12.6. The highest BCUT2D eigenvalue weighted by molar-refractivity contribution is 7.10. The molecule has 1 aromatic heterocycles. The highest BCUT2D eigenvalue weighted by Crippen LogP contribution is 2.37. The summed E-state index contributed by atoms with van der Waals surface area (Å²) < 4.78 is 0. The van der Waals surface area contributed by atoms with Gasteiger partial charge in [-0.3, -0.25) is 0 Å². The van der Waals surface area contributed by atoms with Gasteiger partial charge < -0.3 is 10.2 Å². The van der Waals surface area contributed by atoms with Crippen LogP contribution < -0.4 is 5.32 Å². The molecular formula is C17H26N2OS. The first kappa shape index (κ1) is 14.9. The predicted octanol–water partition coefficient (Wildman–Crippen LogP) is 4.42. The van der Waals surface area contributed by atoms with Gasteiger partial charge in [0.15, 0.2) is 0 Å². The van der Waals surface area contributed by atoms with E-state index in [4.69, 9.17) is 0 Å². The molecule has 0 bridgehead atoms. The van der Waals surface area contributed by atoms with Crippen molar-refractivity contribution >= 4 is 17.4 Å². The van der Waals surface area contributed by atoms with Crippen molar-refractivity contribution in [2.45, 2.75) is 51.5 Å². The third kappa shape index (κ3) is 3.60. The molecule has 2 fully saturated rings. The Balaban J connectivity index is 1.67. The largest absolute Gasteiger partial charge is 0.330 e. The molecule has 4 heteroatoms. The van der Waals surface area contributed by atoms with Crippen molar-refractivity contribution in [3.05, 3.63) is 22.4 Å². The molecule has 2 atom stereocenters. The molecule has 1 saturated carbocycles. The monoisotopic (exact) mass is 306 g/mol. The van der Waals surface area contributed by atoms with Gasteiger partial charge >= 0.3 is 6.03 Å². The molecule has 0 aromatic carbocycles. The summed E-state index contributed by atoms with van der Waals surface area (Å²) in [5.74, 6) is 1.26. The highest BCUT2D eigenvalue weighted by Gasteiger charge is 2.30. The lowest BCUT2D eigenvalue weighted by atomic mass is 9.96. The summed E-state index contributed by atoms with van der Waals surface area (Å²) in [6.45, 7) is 4.07. The number of carbonyl (C=O) groups is 1. The number of nitrogens with zero attached hydrogens (tertiary/aromatic N) is 1. The van der Waals surface area contributed by atoms with Crippen LogP contribution in [-0.4, -0.2) is 24.0 Å². The summed E-state index contributed by atoms with van der Waals surface area (Å²) in [6, 6.07) is 4.63. The average molecular weight is 306 g/mol. The molecule has 1 aliphatic heterocycles. The van der Waals surface area contributed by atoms with Crippen LogP contribution in [-0.2, 0) is 0 Å². The topological polar surface area (TPSA) is 32.3 Å². The molecule has 116 valence electrons. The van der Waals surface area contributed by atoms with E-state index in [2.05, 4.69) is 29.8 Å². The van der Waals surface area contributed by atoms with E-state index in [-0.39, 0.29) is 12.1 Å². The summed E-state index contributed by atoms with van der Waals surface area (Å²) in [4.78, 5) is 16.0. The van der Waals surface area contributed by atoms with E-state index >= 15 is 0 Å². The molecule has 3 rings (SSSR count). The van der Waals surface area contributed by atoms with Crippen molar-refractivity contribution in [2.75, 3.05) is 13.1 Å². The fraction of sp³-hybridized carbons (Fsp3) is 0.706. The Morgan fingerprint density at radius 3 is 2.81 bits per heavy atom. The molecule has 2 heterocycles. The summed E-state index contributed by atoms with van der Waals surface area (Å²) in [5, 5.41) is 5.47. The Hall–Kier alpha value is -1.03. The van der Waals surface area contributed by atoms with Gasteiger partial charge in [-0.1, -0.05) is 25.8 Å². The van der Waals surface area contributed by atoms with Crippen molar-refractivity contribution in [1.29, 1.82) is 0 Å². The first-order valence-corrected chi connectivity index (χ1v) is 9.21. The molecule has 0 radical (unpaired) electrons. The van der Waals surface area contributed by atoms with Gasteiger partial charge in [-0.2, -0.15) is 0 Å². The first-order chi connectivity index (χ1) is 10.2. The Labute approximate surface area is 131 Å². The third-order valence-electron chi connectivity index (χ3n) is 4.94. The number of carbonyl (C=O) groups excluding carboxylic acids is 1. The maximum Gasteiger partial charge on any atom is 0.317 e. The van der Waals surface area contributed by atoms with Crippen LogP contribution in [0.1, 0.15) is 56.4 Å². The van der Waals surface area contributed by atoms with Crippen molar-refractivity contribution in [1.82, 2.24) is 10.2 Å². The summed E-state index contributed by atoms with van der Waals surface area (Å²) >= 11 is 1.77. The van der Waals surface area contributed by atoms with Gasteiger partial charge in [-0.05, 0) is 49.0 Å². The molecule has 1 N–H and O–H groups in total. The highest BCUT2D eigenvalue weighted by atomic mass is 32.1. The van der Waals surface area contributed by atoms with E-state index in [1.54, 1.807) is 11.3 Å². The summed E-state index contributed by atoms with van der Waals surface area (Å²) in [7, 11) is 0. The van der Waals surface area contributed by atoms with E-state index in [9.17, 15) is 4.79 Å². The van der Waals surface area contributed by atoms with Crippen LogP contribution in [0.4, 0.5) is 4.79 Å². The number of amides is 2. The number of nitrogens with one attached hydrogen (secondary N) is 1. The molecule has 1 aliphatic carbocycles. The van der Waals surface area contributed by atoms with Crippen LogP contribution in [0.5, 0.6) is 0 Å². The van der Waals surface area contributed by atoms with E-state index in [1.807, 2.05) is 4.90 Å². The Morgan fingerprint density at radius 2 is 2.14 bits per heavy atom. The second-order valence-electron chi connectivity index (χ2n) is 6.68. The fourth-order valence-corrected chi connectivity index (χ4v) is 4.65. The number of hydrogen-bond acceptors (Lipinski definition) is 2. The van der Waals surface area contributed by atoms with E-state index < -0.39 is 0 Å². The minimum atomic E-state index is 0.145. The lowest BCUT2D eigenvalue weighted by Crippen LogP contribution is -2.47. The van der Waals surface area contributed by atoms with Gasteiger partial charge in [0.2, 0.25) is 0 Å². The number of piperidine rings is 1. The normalized spacial score (nSPS) is 25.0. The van der Waals surface area contributed by atoms with Crippen molar-refractivity contribution in [3.63, 3.8) is 0 Å². The minimum Gasteiger partial charge on any atom is -0.330 e. The van der Waals surface area contributed by atoms with Crippen molar-refractivity contribution in [2.24, 2.45) is 11.8 Å². The van der Waals surface area contributed by atoms with E-state index in [1.165, 1.54) is 37.0 Å². The number of likely N-dealkylation sites (tertiary alicyclic amines) is 1. The van der Waals surface area contributed by atoms with Gasteiger partial charge in [0.05, 0.1) is 6.04 Å². The number of thiophene rings is 1. The van der Waals surface area contributed by atoms with Gasteiger partial charge in [-0.25, -0.2) is 4.79 Å². The standard InChI is InChI=1S/C17H26N2OS/c1-13-6-4-10-19(12-13)17(20)18-16(14-7-2-3-8-14)15-9-5-11-21-15/h5,9,11,13-14,16H,2-4,6-8,10,12H2,1H3,(H,18,20). The zero-order valence-corrected chi connectivity index (χ0v) is 13.7. The maximum absolute atomic E-state index is 12.6. The van der Waals surface area contributed by atoms with Crippen molar-refractivity contribution < 1.29 is 4.79 Å². The molecule has 0 spiro atoms. The lowest BCUT2D eigenvalue weighted by Gasteiger charge is -2.33. The number of hydrogen-bond donors (Lipinski definition) is 1. The minimum absolute atomic E-state index is 0.145. The molecule has 21 heavy (non-hydrogen) atoms. The Bertz CT molecular complexity index is 453. The predicted molar refractivity (Wildman–Crippen MR) is 87.5 cm³/mol. The third-order valence-corrected chi connectivity index (χ3v) is 5.90. The smallest absolute Gasteiger partial charge is 0.317 e. The molecular weight excluding hydrogens is 280 g/mol. The van der Waals surface area contributed by atoms with E-state index in [0.717, 1.165) is 19.5 Å². The molecule has 2 aliphatic rings. The van der Waals surface area contributed by atoms with Gasteiger partial charge in [0.25, 0.3) is 0 Å². The first-order valence-electron chi connectivity index (χ1n) is 8.33. The Kier molecular flexibility index (Phi) is 4.84. The van der Waals surface area contributed by atoms with Crippen LogP contribution in [0.25, 0.3) is 0 Å². The second-order valence-corrected chi connectivity index (χ2v) is 7.66. The SMILES string of the molecule is CC1CCCN(C(=O)NC(c2cccs2)C2CCCC2)C1. The number of rotatable bonds is 3. The summed E-state index contributed by atoms with van der Waals surface area (Å²) in [6.07, 6.45) is 7.51. The fourth-order valence-electron chi connectivity index (χ4n) is 3.78. The van der Waals surface area contributed by atoms with E-state index in [0.29, 0.717) is 11.8 Å². The zero-order valence-electron chi connectivity index (χ0n) is 12.9. The van der Waals surface area contributed by atoms with Crippen LogP contribution in [0.2, 0.25) is 0 Å². The molecule has 1 saturated heterocycles. The quantitative estimate of drug-likeness (QED) is 0.881. The van der Waals surface area contributed by atoms with Crippen LogP contribution in [0.3, 0.4) is 0 Å². The van der Waals surface area contributed by atoms with Gasteiger partial charge in [0, 0.05) is 18.0 Å². The molecule has 1 aromatic rings. The van der Waals surface area contributed by atoms with Gasteiger partial charge in [-0.15, -0.1) is 11.3 Å². The summed E-state index contributed by atoms with van der Waals surface area (Å²) in [5.41, 5.74) is 0. The van der Waals surface area contributed by atoms with Gasteiger partial charge in [0.1, 0.15) is 0 Å². The molecule has 3 nitrogen and oxygen atoms in total. The Morgan fingerprint density at radius 1 is 1.33 bits per heavy atom. The second kappa shape index (κ2) is 6.82. The average Bonchev–Trinajstić information content (AvgIpc) is 3.18. The van der Waals surface area contributed by atoms with Crippen LogP contribution in [0, 0.1) is 11.8 Å². The molecule has 2 unspecified atom stereocenters.